The third-order valence-corrected chi connectivity index (χ3v) is 7.14. The third kappa shape index (κ3) is 6.06. The number of ether oxygens (including phenoxy) is 1. The predicted molar refractivity (Wildman–Crippen MR) is 121 cm³/mol. The highest BCUT2D eigenvalue weighted by atomic mass is 79.9. The number of carbonyl (C=O) groups is 1. The molecule has 0 atom stereocenters. The molecule has 1 fully saturated rings. The van der Waals surface area contributed by atoms with Gasteiger partial charge in [0.1, 0.15) is 5.75 Å². The molecule has 2 N–H and O–H groups in total. The van der Waals surface area contributed by atoms with E-state index in [9.17, 15) is 13.2 Å². The number of amides is 1. The summed E-state index contributed by atoms with van der Waals surface area (Å²) in [5, 5.41) is 2.73. The topological polar surface area (TPSA) is 84.5 Å². The molecule has 0 bridgehead atoms. The van der Waals surface area contributed by atoms with Crippen LogP contribution in [-0.4, -0.2) is 27.0 Å². The van der Waals surface area contributed by atoms with Gasteiger partial charge in [-0.3, -0.25) is 4.79 Å². The molecule has 30 heavy (non-hydrogen) atoms. The molecule has 8 heteroatoms. The van der Waals surface area contributed by atoms with Crippen molar-refractivity contribution in [3.63, 3.8) is 0 Å². The lowest BCUT2D eigenvalue weighted by molar-refractivity contribution is -0.118. The zero-order valence-corrected chi connectivity index (χ0v) is 19.6. The van der Waals surface area contributed by atoms with Crippen LogP contribution in [0, 0.1) is 13.8 Å². The lowest BCUT2D eigenvalue weighted by Crippen LogP contribution is -2.36. The van der Waals surface area contributed by atoms with Crippen molar-refractivity contribution in [2.75, 3.05) is 11.9 Å². The van der Waals surface area contributed by atoms with Crippen LogP contribution in [0.3, 0.4) is 0 Å². The van der Waals surface area contributed by atoms with Crippen molar-refractivity contribution in [1.29, 1.82) is 0 Å². The molecule has 2 aromatic carbocycles. The van der Waals surface area contributed by atoms with Crippen LogP contribution < -0.4 is 14.8 Å². The zero-order chi connectivity index (χ0) is 21.7. The lowest BCUT2D eigenvalue weighted by atomic mass is 9.96. The van der Waals surface area contributed by atoms with Gasteiger partial charge in [0.2, 0.25) is 10.0 Å². The van der Waals surface area contributed by atoms with Gasteiger partial charge in [-0.25, -0.2) is 13.1 Å². The van der Waals surface area contributed by atoms with Crippen LogP contribution in [0.15, 0.2) is 45.8 Å². The maximum absolute atomic E-state index is 12.6. The second-order valence-corrected chi connectivity index (χ2v) is 10.3. The van der Waals surface area contributed by atoms with Crippen molar-refractivity contribution in [3.05, 3.63) is 52.0 Å². The number of nitrogens with one attached hydrogen (secondary N) is 2. The Bertz CT molecular complexity index is 977. The maximum atomic E-state index is 12.6. The largest absolute Gasteiger partial charge is 0.483 e. The smallest absolute Gasteiger partial charge is 0.262 e. The summed E-state index contributed by atoms with van der Waals surface area (Å²) in [6, 6.07) is 10.1. The molecule has 2 aromatic rings. The molecule has 1 aliphatic carbocycles. The Balaban J connectivity index is 1.56. The van der Waals surface area contributed by atoms with Gasteiger partial charge in [0.05, 0.1) is 4.90 Å². The van der Waals surface area contributed by atoms with Crippen LogP contribution in [0.2, 0.25) is 0 Å². The fraction of sp³-hybridized carbons (Fsp3) is 0.409. The van der Waals surface area contributed by atoms with Gasteiger partial charge in [0.25, 0.3) is 5.91 Å². The Labute approximate surface area is 186 Å². The van der Waals surface area contributed by atoms with Gasteiger partial charge in [-0.1, -0.05) is 35.2 Å². The molecule has 0 aliphatic heterocycles. The Morgan fingerprint density at radius 1 is 1.07 bits per heavy atom. The number of hydrogen-bond acceptors (Lipinski definition) is 4. The number of aryl methyl sites for hydroxylation is 2. The van der Waals surface area contributed by atoms with Crippen LogP contribution in [0.25, 0.3) is 0 Å². The van der Waals surface area contributed by atoms with Gasteiger partial charge < -0.3 is 10.1 Å². The molecule has 162 valence electrons. The normalized spacial score (nSPS) is 15.0. The van der Waals surface area contributed by atoms with Crippen LogP contribution in [0.4, 0.5) is 5.69 Å². The minimum atomic E-state index is -3.56. The quantitative estimate of drug-likeness (QED) is 0.584. The van der Waals surface area contributed by atoms with Gasteiger partial charge in [0.15, 0.2) is 6.61 Å². The average Bonchev–Trinajstić information content (AvgIpc) is 2.68. The summed E-state index contributed by atoms with van der Waals surface area (Å²) in [5.41, 5.74) is 2.40. The highest BCUT2D eigenvalue weighted by Gasteiger charge is 2.21. The first-order valence-corrected chi connectivity index (χ1v) is 12.3. The fourth-order valence-electron chi connectivity index (χ4n) is 3.69. The summed E-state index contributed by atoms with van der Waals surface area (Å²) in [6.07, 6.45) is 5.03. The lowest BCUT2D eigenvalue weighted by Gasteiger charge is -2.22. The summed E-state index contributed by atoms with van der Waals surface area (Å²) in [5.74, 6) is 0.372. The van der Waals surface area contributed by atoms with E-state index < -0.39 is 10.0 Å². The van der Waals surface area contributed by atoms with E-state index in [0.717, 1.165) is 47.7 Å². The van der Waals surface area contributed by atoms with Crippen LogP contribution in [0.1, 0.15) is 43.2 Å². The van der Waals surface area contributed by atoms with E-state index in [1.165, 1.54) is 12.1 Å². The summed E-state index contributed by atoms with van der Waals surface area (Å²) < 4.78 is 34.5. The number of hydrogen-bond donors (Lipinski definition) is 2. The van der Waals surface area contributed by atoms with Crippen molar-refractivity contribution in [3.8, 4) is 5.75 Å². The van der Waals surface area contributed by atoms with Crippen molar-refractivity contribution < 1.29 is 17.9 Å². The molecule has 0 radical (unpaired) electrons. The van der Waals surface area contributed by atoms with E-state index in [4.69, 9.17) is 4.74 Å². The van der Waals surface area contributed by atoms with E-state index in [2.05, 4.69) is 26.0 Å². The average molecular weight is 495 g/mol. The predicted octanol–water partition coefficient (Wildman–Crippen LogP) is 4.69. The second-order valence-electron chi connectivity index (χ2n) is 7.69. The van der Waals surface area contributed by atoms with Crippen molar-refractivity contribution in [2.24, 2.45) is 0 Å². The van der Waals surface area contributed by atoms with Crippen molar-refractivity contribution >= 4 is 37.5 Å². The molecule has 0 saturated heterocycles. The minimum Gasteiger partial charge on any atom is -0.483 e. The second kappa shape index (κ2) is 9.94. The minimum absolute atomic E-state index is 0.00537. The van der Waals surface area contributed by atoms with Crippen LogP contribution in [-0.2, 0) is 14.8 Å². The molecule has 6 nitrogen and oxygen atoms in total. The van der Waals surface area contributed by atoms with E-state index in [0.29, 0.717) is 11.4 Å². The molecule has 0 aromatic heterocycles. The zero-order valence-electron chi connectivity index (χ0n) is 17.2. The molecule has 0 unspecified atom stereocenters. The van der Waals surface area contributed by atoms with Crippen molar-refractivity contribution in [1.82, 2.24) is 4.72 Å². The number of halogens is 1. The highest BCUT2D eigenvalue weighted by molar-refractivity contribution is 9.10. The SMILES string of the molecule is Cc1cc(Br)cc(C)c1OCC(=O)Nc1ccc(S(=O)(=O)NC2CCCCC2)cc1. The Morgan fingerprint density at radius 2 is 1.67 bits per heavy atom. The summed E-state index contributed by atoms with van der Waals surface area (Å²) in [6.45, 7) is 3.71. The van der Waals surface area contributed by atoms with E-state index in [-0.39, 0.29) is 23.5 Å². The van der Waals surface area contributed by atoms with E-state index >= 15 is 0 Å². The van der Waals surface area contributed by atoms with Crippen LogP contribution >= 0.6 is 15.9 Å². The van der Waals surface area contributed by atoms with Gasteiger partial charge in [-0.15, -0.1) is 0 Å². The van der Waals surface area contributed by atoms with Crippen molar-refractivity contribution in [2.45, 2.75) is 56.9 Å². The molecule has 1 amide bonds. The molecule has 0 heterocycles. The molecule has 0 spiro atoms. The number of benzene rings is 2. The number of anilines is 1. The Kier molecular flexibility index (Phi) is 7.55. The number of sulfonamides is 1. The monoisotopic (exact) mass is 494 g/mol. The fourth-order valence-corrected chi connectivity index (χ4v) is 5.68. The summed E-state index contributed by atoms with van der Waals surface area (Å²) in [7, 11) is -3.56. The first kappa shape index (κ1) is 22.8. The van der Waals surface area contributed by atoms with E-state index in [1.54, 1.807) is 12.1 Å². The molecular formula is C22H27BrN2O4S. The molecule has 1 saturated carbocycles. The molecular weight excluding hydrogens is 468 g/mol. The van der Waals surface area contributed by atoms with E-state index in [1.807, 2.05) is 26.0 Å². The highest BCUT2D eigenvalue weighted by Crippen LogP contribution is 2.27. The Morgan fingerprint density at radius 3 is 2.27 bits per heavy atom. The maximum Gasteiger partial charge on any atom is 0.262 e. The van der Waals surface area contributed by atoms with Crippen LogP contribution in [0.5, 0.6) is 5.75 Å². The molecule has 3 rings (SSSR count). The van der Waals surface area contributed by atoms with Gasteiger partial charge in [0, 0.05) is 16.2 Å². The third-order valence-electron chi connectivity index (χ3n) is 5.15. The van der Waals surface area contributed by atoms with Gasteiger partial charge in [-0.2, -0.15) is 0 Å². The molecule has 1 aliphatic rings. The standard InChI is InChI=1S/C22H27BrN2O4S/c1-15-12-17(23)13-16(2)22(15)29-14-21(26)24-18-8-10-20(11-9-18)30(27,28)25-19-6-4-3-5-7-19/h8-13,19,25H,3-7,14H2,1-2H3,(H,24,26). The first-order chi connectivity index (χ1) is 14.2. The number of carbonyl (C=O) groups excluding carboxylic acids is 1. The van der Waals surface area contributed by atoms with Gasteiger partial charge >= 0.3 is 0 Å². The first-order valence-electron chi connectivity index (χ1n) is 10.1. The Hall–Kier alpha value is -1.90. The van der Waals surface area contributed by atoms with Gasteiger partial charge in [-0.05, 0) is 74.2 Å². The number of rotatable bonds is 7. The summed E-state index contributed by atoms with van der Waals surface area (Å²) >= 11 is 3.44. The summed E-state index contributed by atoms with van der Waals surface area (Å²) in [4.78, 5) is 12.4.